The zero-order valence-electron chi connectivity index (χ0n) is 14.6. The number of carboxylic acids is 1. The maximum atomic E-state index is 12.0. The van der Waals surface area contributed by atoms with Gasteiger partial charge in [-0.3, -0.25) is 4.79 Å². The van der Waals surface area contributed by atoms with E-state index < -0.39 is 12.1 Å². The zero-order valence-corrected chi connectivity index (χ0v) is 15.4. The minimum atomic E-state index is -5.08. The fraction of sp³-hybridized carbons (Fsp3) is 0.647. The Kier molecular flexibility index (Phi) is 8.06. The summed E-state index contributed by atoms with van der Waals surface area (Å²) in [5.74, 6) is -0.986. The minimum absolute atomic E-state index is 0.169. The molecular weight excluding hydrogens is 385 g/mol. The van der Waals surface area contributed by atoms with Crippen LogP contribution in [-0.2, 0) is 20.7 Å². The van der Waals surface area contributed by atoms with Crippen molar-refractivity contribution in [3.8, 4) is 0 Å². The van der Waals surface area contributed by atoms with E-state index in [0.717, 1.165) is 39.3 Å². The van der Waals surface area contributed by atoms with Crippen molar-refractivity contribution in [2.45, 2.75) is 19.0 Å². The molecule has 3 heterocycles. The predicted molar refractivity (Wildman–Crippen MR) is 93.5 cm³/mol. The molecule has 6 nitrogen and oxygen atoms in total. The quantitative estimate of drug-likeness (QED) is 0.693. The van der Waals surface area contributed by atoms with Crippen molar-refractivity contribution in [1.29, 1.82) is 0 Å². The van der Waals surface area contributed by atoms with Gasteiger partial charge in [-0.1, -0.05) is 6.07 Å². The molecule has 0 radical (unpaired) electrons. The lowest BCUT2D eigenvalue weighted by atomic mass is 9.81. The molecule has 0 spiro atoms. The van der Waals surface area contributed by atoms with E-state index in [1.165, 1.54) is 4.88 Å². The van der Waals surface area contributed by atoms with Gasteiger partial charge >= 0.3 is 12.1 Å². The molecule has 1 aromatic heterocycles. The van der Waals surface area contributed by atoms with Crippen LogP contribution in [-0.4, -0.2) is 56.0 Å². The Bertz CT molecular complexity index is 610. The summed E-state index contributed by atoms with van der Waals surface area (Å²) in [4.78, 5) is 22.3. The lowest BCUT2D eigenvalue weighted by molar-refractivity contribution is -0.192. The maximum absolute atomic E-state index is 12.0. The molecule has 1 aromatic rings. The summed E-state index contributed by atoms with van der Waals surface area (Å²) in [6.45, 7) is 4.41. The number of hydrogen-bond acceptors (Lipinski definition) is 5. The molecule has 3 rings (SSSR count). The number of aliphatic carboxylic acids is 1. The molecule has 0 aliphatic carbocycles. The number of amides is 1. The van der Waals surface area contributed by atoms with Crippen molar-refractivity contribution in [2.75, 3.05) is 32.8 Å². The number of rotatable bonds is 5. The van der Waals surface area contributed by atoms with Crippen molar-refractivity contribution in [3.63, 3.8) is 0 Å². The first-order valence-corrected chi connectivity index (χ1v) is 9.53. The summed E-state index contributed by atoms with van der Waals surface area (Å²) in [5, 5.41) is 15.7. The zero-order chi connectivity index (χ0) is 19.9. The number of fused-ring (bicyclic) bond motifs is 1. The van der Waals surface area contributed by atoms with Crippen LogP contribution in [0.15, 0.2) is 17.5 Å². The standard InChI is InChI=1S/C15H22N2O2S.C2HF3O2/c18-15(17-4-3-13-2-1-5-20-13)6-11-9-19-10-12-7-16-8-14(11)12;3-2(4,5)1(6)7/h1-2,5,11-12,14,16H,3-4,6-10H2,(H,17,18);(H,6,7)/t11-,12-,14+;/m1./s1. The molecule has 2 aliphatic rings. The minimum Gasteiger partial charge on any atom is -0.475 e. The number of alkyl halides is 3. The second-order valence-electron chi connectivity index (χ2n) is 6.57. The van der Waals surface area contributed by atoms with Crippen molar-refractivity contribution >= 4 is 23.2 Å². The number of hydrogen-bond donors (Lipinski definition) is 3. The Hall–Kier alpha value is -1.65. The third-order valence-corrected chi connectivity index (χ3v) is 5.56. The van der Waals surface area contributed by atoms with Crippen LogP contribution in [0, 0.1) is 17.8 Å². The van der Waals surface area contributed by atoms with Crippen molar-refractivity contribution in [1.82, 2.24) is 10.6 Å². The Labute approximate surface area is 159 Å². The number of ether oxygens (including phenoxy) is 1. The van der Waals surface area contributed by atoms with E-state index in [1.54, 1.807) is 11.3 Å². The molecule has 3 N–H and O–H groups in total. The van der Waals surface area contributed by atoms with E-state index in [0.29, 0.717) is 24.2 Å². The lowest BCUT2D eigenvalue weighted by Crippen LogP contribution is -2.38. The van der Waals surface area contributed by atoms with Gasteiger partial charge in [0.1, 0.15) is 0 Å². The smallest absolute Gasteiger partial charge is 0.475 e. The fourth-order valence-corrected chi connectivity index (χ4v) is 3.99. The van der Waals surface area contributed by atoms with Crippen molar-refractivity contribution in [3.05, 3.63) is 22.4 Å². The van der Waals surface area contributed by atoms with Gasteiger partial charge in [-0.05, 0) is 42.2 Å². The number of carboxylic acid groups (broad SMARTS) is 1. The molecule has 0 aromatic carbocycles. The Morgan fingerprint density at radius 2 is 2.07 bits per heavy atom. The van der Waals surface area contributed by atoms with Gasteiger partial charge in [0, 0.05) is 24.4 Å². The van der Waals surface area contributed by atoms with Crippen LogP contribution < -0.4 is 10.6 Å². The van der Waals surface area contributed by atoms with Gasteiger partial charge in [0.05, 0.1) is 13.2 Å². The van der Waals surface area contributed by atoms with Gasteiger partial charge in [0.25, 0.3) is 0 Å². The second-order valence-corrected chi connectivity index (χ2v) is 7.60. The number of halogens is 3. The van der Waals surface area contributed by atoms with E-state index in [-0.39, 0.29) is 5.91 Å². The van der Waals surface area contributed by atoms with Crippen LogP contribution in [0.5, 0.6) is 0 Å². The van der Waals surface area contributed by atoms with Crippen LogP contribution >= 0.6 is 11.3 Å². The summed E-state index contributed by atoms with van der Waals surface area (Å²) >= 11 is 1.74. The molecule has 2 aliphatic heterocycles. The molecule has 0 bridgehead atoms. The largest absolute Gasteiger partial charge is 0.490 e. The highest BCUT2D eigenvalue weighted by molar-refractivity contribution is 7.09. The van der Waals surface area contributed by atoms with Crippen molar-refractivity contribution in [2.24, 2.45) is 17.8 Å². The molecule has 2 fully saturated rings. The fourth-order valence-electron chi connectivity index (χ4n) is 3.28. The summed E-state index contributed by atoms with van der Waals surface area (Å²) in [7, 11) is 0. The Morgan fingerprint density at radius 1 is 1.33 bits per heavy atom. The van der Waals surface area contributed by atoms with Crippen LogP contribution in [0.4, 0.5) is 13.2 Å². The van der Waals surface area contributed by atoms with Gasteiger partial charge in [0.2, 0.25) is 5.91 Å². The first kappa shape index (κ1) is 21.6. The monoisotopic (exact) mass is 408 g/mol. The number of carbonyl (C=O) groups is 2. The van der Waals surface area contributed by atoms with Gasteiger partial charge < -0.3 is 20.5 Å². The van der Waals surface area contributed by atoms with E-state index in [1.807, 2.05) is 0 Å². The summed E-state index contributed by atoms with van der Waals surface area (Å²) < 4.78 is 37.4. The van der Waals surface area contributed by atoms with Gasteiger partial charge in [0.15, 0.2) is 0 Å². The van der Waals surface area contributed by atoms with Crippen molar-refractivity contribution < 1.29 is 32.6 Å². The maximum Gasteiger partial charge on any atom is 0.490 e. The number of nitrogens with one attached hydrogen (secondary N) is 2. The number of thiophene rings is 1. The van der Waals surface area contributed by atoms with Gasteiger partial charge in [-0.2, -0.15) is 13.2 Å². The molecule has 3 atom stereocenters. The third kappa shape index (κ3) is 7.11. The van der Waals surface area contributed by atoms with Crippen LogP contribution in [0.3, 0.4) is 0 Å². The Morgan fingerprint density at radius 3 is 2.70 bits per heavy atom. The average molecular weight is 408 g/mol. The number of carbonyl (C=O) groups excluding carboxylic acids is 1. The first-order valence-electron chi connectivity index (χ1n) is 8.65. The topological polar surface area (TPSA) is 87.7 Å². The first-order chi connectivity index (χ1) is 12.8. The van der Waals surface area contributed by atoms with Crippen LogP contribution in [0.25, 0.3) is 0 Å². The van der Waals surface area contributed by atoms with Crippen LogP contribution in [0.1, 0.15) is 11.3 Å². The molecule has 2 saturated heterocycles. The van der Waals surface area contributed by atoms with Crippen LogP contribution in [0.2, 0.25) is 0 Å². The predicted octanol–water partition coefficient (Wildman–Crippen LogP) is 1.91. The van der Waals surface area contributed by atoms with Gasteiger partial charge in [-0.25, -0.2) is 4.79 Å². The van der Waals surface area contributed by atoms with E-state index in [4.69, 9.17) is 14.6 Å². The molecular formula is C17H23F3N2O4S. The molecule has 152 valence electrons. The summed E-state index contributed by atoms with van der Waals surface area (Å²) in [6.07, 6.45) is -3.55. The molecule has 0 unspecified atom stereocenters. The van der Waals surface area contributed by atoms with Gasteiger partial charge in [-0.15, -0.1) is 11.3 Å². The molecule has 10 heteroatoms. The summed E-state index contributed by atoms with van der Waals surface area (Å²) in [5.41, 5.74) is 0. The highest BCUT2D eigenvalue weighted by Crippen LogP contribution is 2.31. The summed E-state index contributed by atoms with van der Waals surface area (Å²) in [6, 6.07) is 4.16. The third-order valence-electron chi connectivity index (χ3n) is 4.63. The molecule has 1 amide bonds. The lowest BCUT2D eigenvalue weighted by Gasteiger charge is -2.32. The SMILES string of the molecule is O=C(C[C@@H]1COC[C@H]2CNC[C@H]21)NCCc1cccs1.O=C(O)C(F)(F)F. The molecule has 27 heavy (non-hydrogen) atoms. The van der Waals surface area contributed by atoms with E-state index in [9.17, 15) is 18.0 Å². The van der Waals surface area contributed by atoms with E-state index >= 15 is 0 Å². The molecule has 0 saturated carbocycles. The highest BCUT2D eigenvalue weighted by atomic mass is 32.1. The normalized spacial score (nSPS) is 24.5. The average Bonchev–Trinajstić information content (AvgIpc) is 3.26. The second kappa shape index (κ2) is 10.0. The highest BCUT2D eigenvalue weighted by Gasteiger charge is 2.38. The Balaban J connectivity index is 0.000000321. The van der Waals surface area contributed by atoms with E-state index in [2.05, 4.69) is 28.1 Å².